The monoisotopic (exact) mass is 360 g/mol. The first-order valence-corrected chi connectivity index (χ1v) is 9.73. The molecule has 2 N–H and O–H groups in total. The van der Waals surface area contributed by atoms with Crippen LogP contribution in [0, 0.1) is 0 Å². The van der Waals surface area contributed by atoms with E-state index in [1.165, 1.54) is 33.6 Å². The van der Waals surface area contributed by atoms with Gasteiger partial charge in [0.05, 0.1) is 0 Å². The largest absolute Gasteiger partial charge is 0.369 e. The third kappa shape index (κ3) is 1.73. The molecule has 0 spiro atoms. The summed E-state index contributed by atoms with van der Waals surface area (Å²) < 4.78 is 0. The molecule has 0 radical (unpaired) electrons. The van der Waals surface area contributed by atoms with E-state index in [0.717, 1.165) is 0 Å². The lowest BCUT2D eigenvalue weighted by molar-refractivity contribution is 0.439. The van der Waals surface area contributed by atoms with Crippen LogP contribution in [-0.4, -0.2) is 0 Å². The van der Waals surface area contributed by atoms with Gasteiger partial charge in [-0.25, -0.2) is 0 Å². The summed E-state index contributed by atoms with van der Waals surface area (Å²) >= 11 is 0. The highest BCUT2D eigenvalue weighted by Gasteiger charge is 2.65. The average Bonchev–Trinajstić information content (AvgIpc) is 3.23. The molecule has 0 aromatic heterocycles. The summed E-state index contributed by atoms with van der Waals surface area (Å²) in [7, 11) is 0. The van der Waals surface area contributed by atoms with Gasteiger partial charge in [-0.05, 0) is 23.3 Å². The molecule has 0 saturated carbocycles. The van der Waals surface area contributed by atoms with Gasteiger partial charge in [-0.15, -0.1) is 0 Å². The fourth-order valence-corrected chi connectivity index (χ4v) is 5.23. The van der Waals surface area contributed by atoms with E-state index in [9.17, 15) is 0 Å². The number of hydrogen-bond acceptors (Lipinski definition) is 2. The van der Waals surface area contributed by atoms with E-state index in [0.29, 0.717) is 0 Å². The van der Waals surface area contributed by atoms with Gasteiger partial charge in [-0.1, -0.05) is 97.1 Å². The topological polar surface area (TPSA) is 24.1 Å². The van der Waals surface area contributed by atoms with Crippen molar-refractivity contribution < 1.29 is 0 Å². The highest BCUT2D eigenvalue weighted by Crippen LogP contribution is 2.64. The molecule has 2 nitrogen and oxygen atoms in total. The molecule has 2 heteroatoms. The minimum atomic E-state index is -0.421. The summed E-state index contributed by atoms with van der Waals surface area (Å²) in [6.45, 7) is 0. The number of benzene rings is 4. The number of nitrogens with one attached hydrogen (secondary N) is 2. The van der Waals surface area contributed by atoms with E-state index in [1.54, 1.807) is 0 Å². The zero-order valence-electron chi connectivity index (χ0n) is 15.4. The third-order valence-electron chi connectivity index (χ3n) is 6.28. The van der Waals surface area contributed by atoms with E-state index < -0.39 is 11.1 Å². The molecule has 2 heterocycles. The van der Waals surface area contributed by atoms with Gasteiger partial charge in [-0.3, -0.25) is 0 Å². The quantitative estimate of drug-likeness (QED) is 0.477. The molecule has 2 atom stereocenters. The van der Waals surface area contributed by atoms with E-state index in [4.69, 9.17) is 0 Å². The van der Waals surface area contributed by atoms with Crippen LogP contribution < -0.4 is 10.6 Å². The Morgan fingerprint density at radius 1 is 0.393 bits per heavy atom. The van der Waals surface area contributed by atoms with Gasteiger partial charge in [-0.2, -0.15) is 0 Å². The van der Waals surface area contributed by atoms with Crippen molar-refractivity contribution in [2.75, 3.05) is 10.6 Å². The second kappa shape index (κ2) is 5.49. The molecule has 28 heavy (non-hydrogen) atoms. The Kier molecular flexibility index (Phi) is 3.05. The maximum atomic E-state index is 3.96. The highest BCUT2D eigenvalue weighted by molar-refractivity contribution is 5.83. The number of fused-ring (bicyclic) bond motifs is 5. The molecule has 6 rings (SSSR count). The minimum absolute atomic E-state index is 0.421. The molecule has 0 aliphatic carbocycles. The molecule has 2 unspecified atom stereocenters. The normalized spacial score (nSPS) is 23.9. The van der Waals surface area contributed by atoms with E-state index in [1.807, 2.05) is 0 Å². The Bertz CT molecular complexity index is 1070. The Morgan fingerprint density at radius 2 is 0.750 bits per heavy atom. The van der Waals surface area contributed by atoms with Gasteiger partial charge in [0.25, 0.3) is 0 Å². The fourth-order valence-electron chi connectivity index (χ4n) is 5.23. The van der Waals surface area contributed by atoms with Crippen molar-refractivity contribution in [2.45, 2.75) is 11.1 Å². The minimum Gasteiger partial charge on any atom is -0.369 e. The van der Waals surface area contributed by atoms with Crippen molar-refractivity contribution in [3.8, 4) is 0 Å². The van der Waals surface area contributed by atoms with Crippen LogP contribution in [0.25, 0.3) is 0 Å². The van der Waals surface area contributed by atoms with E-state index >= 15 is 0 Å². The van der Waals surface area contributed by atoms with Crippen molar-refractivity contribution in [1.29, 1.82) is 0 Å². The highest BCUT2D eigenvalue weighted by atomic mass is 15.2. The SMILES string of the molecule is c1ccc(C23Nc4ccccc4C2(c2ccccc2)Nc2ccccc23)cc1. The van der Waals surface area contributed by atoms with Crippen LogP contribution in [0.2, 0.25) is 0 Å². The van der Waals surface area contributed by atoms with E-state index in [2.05, 4.69) is 120 Å². The van der Waals surface area contributed by atoms with Gasteiger partial charge in [0.2, 0.25) is 0 Å². The number of anilines is 2. The molecule has 0 amide bonds. The summed E-state index contributed by atoms with van der Waals surface area (Å²) in [5.41, 5.74) is 6.59. The molecule has 0 saturated heterocycles. The summed E-state index contributed by atoms with van der Waals surface area (Å²) in [4.78, 5) is 0. The molecule has 0 fully saturated rings. The Morgan fingerprint density at radius 3 is 1.18 bits per heavy atom. The second-order valence-electron chi connectivity index (χ2n) is 7.57. The molecule has 134 valence electrons. The molecule has 2 aliphatic rings. The predicted molar refractivity (Wildman–Crippen MR) is 115 cm³/mol. The zero-order valence-corrected chi connectivity index (χ0v) is 15.4. The lowest BCUT2D eigenvalue weighted by atomic mass is 9.66. The van der Waals surface area contributed by atoms with Crippen LogP contribution in [0.3, 0.4) is 0 Å². The summed E-state index contributed by atoms with van der Waals surface area (Å²) in [5, 5.41) is 7.92. The van der Waals surface area contributed by atoms with E-state index in [-0.39, 0.29) is 0 Å². The van der Waals surface area contributed by atoms with Crippen molar-refractivity contribution in [2.24, 2.45) is 0 Å². The molecule has 0 bridgehead atoms. The summed E-state index contributed by atoms with van der Waals surface area (Å²) in [5.74, 6) is 0. The Labute approximate surface area is 164 Å². The van der Waals surface area contributed by atoms with Gasteiger partial charge >= 0.3 is 0 Å². The van der Waals surface area contributed by atoms with Gasteiger partial charge < -0.3 is 10.6 Å². The van der Waals surface area contributed by atoms with Crippen LogP contribution >= 0.6 is 0 Å². The van der Waals surface area contributed by atoms with Crippen molar-refractivity contribution >= 4 is 11.4 Å². The smallest absolute Gasteiger partial charge is 0.122 e. The lowest BCUT2D eigenvalue weighted by Gasteiger charge is -2.42. The van der Waals surface area contributed by atoms with Crippen molar-refractivity contribution in [3.63, 3.8) is 0 Å². The molecule has 4 aromatic carbocycles. The van der Waals surface area contributed by atoms with Gasteiger partial charge in [0.1, 0.15) is 11.1 Å². The molecule has 2 aliphatic heterocycles. The Hall–Kier alpha value is -3.52. The van der Waals surface area contributed by atoms with Crippen LogP contribution in [-0.2, 0) is 11.1 Å². The van der Waals surface area contributed by atoms with Crippen LogP contribution in [0.4, 0.5) is 11.4 Å². The van der Waals surface area contributed by atoms with Crippen LogP contribution in [0.5, 0.6) is 0 Å². The van der Waals surface area contributed by atoms with Crippen molar-refractivity contribution in [3.05, 3.63) is 131 Å². The molecular formula is C26H20N2. The van der Waals surface area contributed by atoms with Crippen LogP contribution in [0.15, 0.2) is 109 Å². The first-order valence-electron chi connectivity index (χ1n) is 9.73. The predicted octanol–water partition coefficient (Wildman–Crippen LogP) is 5.73. The molecule has 4 aromatic rings. The van der Waals surface area contributed by atoms with Gasteiger partial charge in [0.15, 0.2) is 0 Å². The molecular weight excluding hydrogens is 340 g/mol. The van der Waals surface area contributed by atoms with Crippen LogP contribution in [0.1, 0.15) is 22.3 Å². The lowest BCUT2D eigenvalue weighted by Crippen LogP contribution is -2.51. The summed E-state index contributed by atoms with van der Waals surface area (Å²) in [6, 6.07) is 39.0. The fraction of sp³-hybridized carbons (Fsp3) is 0.0769. The number of rotatable bonds is 2. The second-order valence-corrected chi connectivity index (χ2v) is 7.57. The first kappa shape index (κ1) is 15.5. The maximum Gasteiger partial charge on any atom is 0.122 e. The maximum absolute atomic E-state index is 3.96. The third-order valence-corrected chi connectivity index (χ3v) is 6.28. The zero-order chi connectivity index (χ0) is 18.6. The first-order chi connectivity index (χ1) is 13.9. The standard InChI is InChI=1S/C26H20N2/c1-3-11-19(12-4-1)25-21-15-7-9-17-23(21)28-26(25,20-13-5-2-6-14-20)22-16-8-10-18-24(22)27-25/h1-18,27-28H. The van der Waals surface area contributed by atoms with Crippen molar-refractivity contribution in [1.82, 2.24) is 0 Å². The summed E-state index contributed by atoms with van der Waals surface area (Å²) in [6.07, 6.45) is 0. The average molecular weight is 360 g/mol. The number of para-hydroxylation sites is 2. The number of hydrogen-bond donors (Lipinski definition) is 2. The van der Waals surface area contributed by atoms with Gasteiger partial charge in [0, 0.05) is 22.5 Å². The Balaban J connectivity index is 1.78.